The molecule has 1 aromatic heterocycles. The number of benzene rings is 1. The van der Waals surface area contributed by atoms with Gasteiger partial charge in [0.25, 0.3) is 0 Å². The number of carbonyl (C=O) groups is 1. The van der Waals surface area contributed by atoms with Crippen LogP contribution in [0.5, 0.6) is 0 Å². The van der Waals surface area contributed by atoms with Crippen molar-refractivity contribution in [3.63, 3.8) is 0 Å². The maximum absolute atomic E-state index is 13.7. The molecule has 1 N–H and O–H groups in total. The minimum Gasteiger partial charge on any atom is -0.476 e. The summed E-state index contributed by atoms with van der Waals surface area (Å²) in [5.74, 6) is -1.41. The second-order valence-electron chi connectivity index (χ2n) is 5.15. The predicted molar refractivity (Wildman–Crippen MR) is 79.4 cm³/mol. The number of aromatic carboxylic acids is 1. The number of fused-ring (bicyclic) bond motifs is 1. The summed E-state index contributed by atoms with van der Waals surface area (Å²) >= 11 is 3.12. The van der Waals surface area contributed by atoms with Gasteiger partial charge in [-0.15, -0.1) is 0 Å². The lowest BCUT2D eigenvalue weighted by molar-refractivity contribution is 0.0688. The molecule has 110 valence electrons. The van der Waals surface area contributed by atoms with E-state index >= 15 is 0 Å². The minimum absolute atomic E-state index is 0.0928. The van der Waals surface area contributed by atoms with Crippen LogP contribution in [0.3, 0.4) is 0 Å². The highest BCUT2D eigenvalue weighted by Gasteiger charge is 2.24. The number of hydrogen-bond donors (Lipinski definition) is 1. The molecule has 0 atom stereocenters. The molecule has 3 rings (SSSR count). The maximum Gasteiger partial charge on any atom is 0.356 e. The van der Waals surface area contributed by atoms with Crippen LogP contribution in [0.15, 0.2) is 22.7 Å². The van der Waals surface area contributed by atoms with E-state index in [1.165, 1.54) is 6.07 Å². The number of nitrogens with zero attached hydrogens (tertiary/aromatic N) is 2. The fourth-order valence-corrected chi connectivity index (χ4v) is 3.02. The van der Waals surface area contributed by atoms with E-state index in [1.807, 2.05) is 0 Å². The van der Waals surface area contributed by atoms with Crippen molar-refractivity contribution in [3.8, 4) is 5.69 Å². The topological polar surface area (TPSA) is 55.1 Å². The van der Waals surface area contributed by atoms with Crippen molar-refractivity contribution in [1.29, 1.82) is 0 Å². The summed E-state index contributed by atoms with van der Waals surface area (Å²) in [6, 6.07) is 4.71. The van der Waals surface area contributed by atoms with Crippen LogP contribution in [0.1, 0.15) is 41.0 Å². The maximum atomic E-state index is 13.7. The van der Waals surface area contributed by atoms with Crippen LogP contribution in [0, 0.1) is 5.82 Å². The predicted octanol–water partition coefficient (Wildman–Crippen LogP) is 3.74. The Morgan fingerprint density at radius 2 is 2.05 bits per heavy atom. The van der Waals surface area contributed by atoms with E-state index in [2.05, 4.69) is 21.0 Å². The number of carboxylic acid groups (broad SMARTS) is 1. The lowest BCUT2D eigenvalue weighted by Gasteiger charge is -2.08. The molecule has 0 bridgehead atoms. The Morgan fingerprint density at radius 3 is 2.76 bits per heavy atom. The van der Waals surface area contributed by atoms with E-state index in [-0.39, 0.29) is 11.5 Å². The molecule has 0 fully saturated rings. The Morgan fingerprint density at radius 1 is 1.29 bits per heavy atom. The smallest absolute Gasteiger partial charge is 0.356 e. The van der Waals surface area contributed by atoms with Gasteiger partial charge in [-0.1, -0.05) is 6.42 Å². The molecular weight excluding hydrogens is 339 g/mol. The van der Waals surface area contributed by atoms with E-state index in [0.717, 1.165) is 43.4 Å². The van der Waals surface area contributed by atoms with E-state index < -0.39 is 5.97 Å². The van der Waals surface area contributed by atoms with Crippen LogP contribution in [0.2, 0.25) is 0 Å². The zero-order valence-electron chi connectivity index (χ0n) is 11.3. The highest BCUT2D eigenvalue weighted by Crippen LogP contribution is 2.27. The molecule has 0 unspecified atom stereocenters. The molecule has 1 aromatic carbocycles. The Kier molecular flexibility index (Phi) is 3.80. The van der Waals surface area contributed by atoms with Crippen LogP contribution in [-0.2, 0) is 12.8 Å². The van der Waals surface area contributed by atoms with Gasteiger partial charge in [-0.3, -0.25) is 0 Å². The van der Waals surface area contributed by atoms with Crippen molar-refractivity contribution < 1.29 is 14.3 Å². The van der Waals surface area contributed by atoms with Crippen molar-refractivity contribution in [2.45, 2.75) is 32.1 Å². The van der Waals surface area contributed by atoms with Gasteiger partial charge in [0.2, 0.25) is 0 Å². The Bertz CT molecular complexity index is 712. The summed E-state index contributed by atoms with van der Waals surface area (Å²) in [4.78, 5) is 11.4. The van der Waals surface area contributed by atoms with Crippen LogP contribution >= 0.6 is 15.9 Å². The normalized spacial score (nSPS) is 14.6. The van der Waals surface area contributed by atoms with Crippen molar-refractivity contribution in [1.82, 2.24) is 9.78 Å². The molecular formula is C15H14BrFN2O2. The number of aromatic nitrogens is 2. The summed E-state index contributed by atoms with van der Waals surface area (Å²) in [6.07, 6.45) is 4.52. The lowest BCUT2D eigenvalue weighted by Crippen LogP contribution is -2.04. The number of halogens is 2. The molecule has 4 nitrogen and oxygen atoms in total. The third-order valence-electron chi connectivity index (χ3n) is 3.78. The molecule has 1 aliphatic carbocycles. The second kappa shape index (κ2) is 5.60. The quantitative estimate of drug-likeness (QED) is 0.837. The first-order valence-corrected chi connectivity index (χ1v) is 7.66. The second-order valence-corrected chi connectivity index (χ2v) is 6.00. The van der Waals surface area contributed by atoms with Gasteiger partial charge in [0.15, 0.2) is 5.69 Å². The fraction of sp³-hybridized carbons (Fsp3) is 0.333. The SMILES string of the molecule is O=C(O)c1nn(-c2ccc(Br)c(F)c2)c2c1CCCCC2. The van der Waals surface area contributed by atoms with Gasteiger partial charge in [0.05, 0.1) is 10.2 Å². The van der Waals surface area contributed by atoms with Gasteiger partial charge in [0, 0.05) is 17.3 Å². The van der Waals surface area contributed by atoms with Crippen LogP contribution in [0.4, 0.5) is 4.39 Å². The molecule has 6 heteroatoms. The molecule has 2 aromatic rings. The third-order valence-corrected chi connectivity index (χ3v) is 4.42. The molecule has 0 amide bonds. The van der Waals surface area contributed by atoms with Gasteiger partial charge in [0.1, 0.15) is 5.82 Å². The van der Waals surface area contributed by atoms with Gasteiger partial charge < -0.3 is 5.11 Å². The molecule has 0 spiro atoms. The van der Waals surface area contributed by atoms with Gasteiger partial charge in [-0.05, 0) is 53.7 Å². The summed E-state index contributed by atoms with van der Waals surface area (Å²) in [6.45, 7) is 0. The molecule has 0 radical (unpaired) electrons. The lowest BCUT2D eigenvalue weighted by atomic mass is 10.1. The first-order chi connectivity index (χ1) is 10.1. The molecule has 0 aliphatic heterocycles. The zero-order valence-corrected chi connectivity index (χ0v) is 12.9. The molecule has 1 heterocycles. The molecule has 0 saturated carbocycles. The first kappa shape index (κ1) is 14.3. The number of carboxylic acids is 1. The Hall–Kier alpha value is -1.69. The van der Waals surface area contributed by atoms with Crippen LogP contribution < -0.4 is 0 Å². The van der Waals surface area contributed by atoms with Gasteiger partial charge in [-0.25, -0.2) is 13.9 Å². The van der Waals surface area contributed by atoms with Gasteiger partial charge in [-0.2, -0.15) is 5.10 Å². The zero-order chi connectivity index (χ0) is 15.0. The first-order valence-electron chi connectivity index (χ1n) is 6.87. The van der Waals surface area contributed by atoms with E-state index in [1.54, 1.807) is 16.8 Å². The van der Waals surface area contributed by atoms with Crippen LogP contribution in [-0.4, -0.2) is 20.9 Å². The number of hydrogen-bond acceptors (Lipinski definition) is 2. The van der Waals surface area contributed by atoms with Crippen LogP contribution in [0.25, 0.3) is 5.69 Å². The summed E-state index contributed by atoms with van der Waals surface area (Å²) in [7, 11) is 0. The summed E-state index contributed by atoms with van der Waals surface area (Å²) in [5, 5.41) is 13.5. The van der Waals surface area contributed by atoms with Crippen molar-refractivity contribution >= 4 is 21.9 Å². The highest BCUT2D eigenvalue weighted by molar-refractivity contribution is 9.10. The van der Waals surface area contributed by atoms with Gasteiger partial charge >= 0.3 is 5.97 Å². The average molecular weight is 353 g/mol. The minimum atomic E-state index is -1.02. The fourth-order valence-electron chi connectivity index (χ4n) is 2.78. The van der Waals surface area contributed by atoms with E-state index in [0.29, 0.717) is 10.2 Å². The monoisotopic (exact) mass is 352 g/mol. The van der Waals surface area contributed by atoms with Crippen molar-refractivity contribution in [3.05, 3.63) is 45.4 Å². The molecule has 21 heavy (non-hydrogen) atoms. The standard InChI is InChI=1S/C15H14BrFN2O2/c16-11-7-6-9(8-12(11)17)19-13-5-3-1-2-4-10(13)14(18-19)15(20)21/h6-8H,1-5H2,(H,20,21). The summed E-state index contributed by atoms with van der Waals surface area (Å²) in [5.41, 5.74) is 2.34. The largest absolute Gasteiger partial charge is 0.476 e. The van der Waals surface area contributed by atoms with Crippen molar-refractivity contribution in [2.24, 2.45) is 0 Å². The third kappa shape index (κ3) is 2.60. The van der Waals surface area contributed by atoms with E-state index in [4.69, 9.17) is 0 Å². The number of rotatable bonds is 2. The van der Waals surface area contributed by atoms with Crippen molar-refractivity contribution in [2.75, 3.05) is 0 Å². The summed E-state index contributed by atoms with van der Waals surface area (Å²) < 4.78 is 15.7. The molecule has 1 aliphatic rings. The highest BCUT2D eigenvalue weighted by atomic mass is 79.9. The molecule has 0 saturated heterocycles. The van der Waals surface area contributed by atoms with E-state index in [9.17, 15) is 14.3 Å². The Balaban J connectivity index is 2.17. The Labute approximate surface area is 129 Å². The average Bonchev–Trinajstić information content (AvgIpc) is 2.65.